The highest BCUT2D eigenvalue weighted by Gasteiger charge is 2.26. The first-order valence-electron chi connectivity index (χ1n) is 9.32. The van der Waals surface area contributed by atoms with Crippen LogP contribution >= 0.6 is 11.3 Å². The van der Waals surface area contributed by atoms with Crippen molar-refractivity contribution in [2.75, 3.05) is 26.2 Å². The maximum absolute atomic E-state index is 12.3. The van der Waals surface area contributed by atoms with Crippen LogP contribution in [0.15, 0.2) is 36.5 Å². The minimum absolute atomic E-state index is 0.0304. The summed E-state index contributed by atoms with van der Waals surface area (Å²) in [4.78, 5) is 19.9. The molecule has 5 nitrogen and oxygen atoms in total. The number of amides is 2. The molecule has 1 aliphatic heterocycles. The summed E-state index contributed by atoms with van der Waals surface area (Å²) in [6.45, 7) is 5.70. The summed E-state index contributed by atoms with van der Waals surface area (Å²) >= 11 is 1.73. The summed E-state index contributed by atoms with van der Waals surface area (Å²) in [5, 5.41) is 4.11. The average Bonchev–Trinajstić information content (AvgIpc) is 3.32. The normalized spacial score (nSPS) is 16.8. The molecule has 1 saturated heterocycles. The first-order chi connectivity index (χ1) is 12.7. The summed E-state index contributed by atoms with van der Waals surface area (Å²) in [5.41, 5.74) is 1.19. The Morgan fingerprint density at radius 1 is 1.38 bits per heavy atom. The number of ether oxygens (including phenoxy) is 1. The second kappa shape index (κ2) is 9.69. The molecule has 3 rings (SSSR count). The molecule has 1 N–H and O–H groups in total. The van der Waals surface area contributed by atoms with Gasteiger partial charge in [0.1, 0.15) is 0 Å². The van der Waals surface area contributed by atoms with Gasteiger partial charge in [-0.1, -0.05) is 37.3 Å². The molecule has 2 amide bonds. The standard InChI is InChI=1S/C20H27N3O2S/c1-2-18-12-22-19(26-18)8-10-21-20(24)23-11-9-17(13-23)15-25-14-16-6-4-3-5-7-16/h3-7,12,17H,2,8-11,13-15H2,1H3,(H,21,24). The summed E-state index contributed by atoms with van der Waals surface area (Å²) in [6, 6.07) is 10.2. The molecule has 2 aromatic rings. The lowest BCUT2D eigenvalue weighted by Gasteiger charge is -2.17. The molecule has 140 valence electrons. The van der Waals surface area contributed by atoms with Crippen LogP contribution in [-0.2, 0) is 24.2 Å². The molecule has 6 heteroatoms. The molecule has 0 radical (unpaired) electrons. The third-order valence-corrected chi connectivity index (χ3v) is 5.80. The van der Waals surface area contributed by atoms with Crippen molar-refractivity contribution in [3.63, 3.8) is 0 Å². The van der Waals surface area contributed by atoms with Gasteiger partial charge in [-0.2, -0.15) is 0 Å². The van der Waals surface area contributed by atoms with Gasteiger partial charge in [-0.15, -0.1) is 11.3 Å². The Balaban J connectivity index is 1.32. The lowest BCUT2D eigenvalue weighted by atomic mass is 10.1. The smallest absolute Gasteiger partial charge is 0.317 e. The van der Waals surface area contributed by atoms with Gasteiger partial charge >= 0.3 is 6.03 Å². The molecule has 0 bridgehead atoms. The van der Waals surface area contributed by atoms with E-state index in [1.807, 2.05) is 29.3 Å². The Morgan fingerprint density at radius 2 is 2.23 bits per heavy atom. The van der Waals surface area contributed by atoms with E-state index in [2.05, 4.69) is 29.4 Å². The number of hydrogen-bond acceptors (Lipinski definition) is 4. The van der Waals surface area contributed by atoms with E-state index in [-0.39, 0.29) is 6.03 Å². The first kappa shape index (κ1) is 18.9. The number of rotatable bonds is 8. The van der Waals surface area contributed by atoms with Crippen molar-refractivity contribution in [3.05, 3.63) is 52.0 Å². The van der Waals surface area contributed by atoms with Crippen molar-refractivity contribution in [3.8, 4) is 0 Å². The van der Waals surface area contributed by atoms with Gasteiger partial charge in [0, 0.05) is 43.0 Å². The van der Waals surface area contributed by atoms with Crippen molar-refractivity contribution >= 4 is 17.4 Å². The number of nitrogens with one attached hydrogen (secondary N) is 1. The number of hydrogen-bond donors (Lipinski definition) is 1. The topological polar surface area (TPSA) is 54.5 Å². The van der Waals surface area contributed by atoms with Crippen LogP contribution in [0.25, 0.3) is 0 Å². The van der Waals surface area contributed by atoms with E-state index >= 15 is 0 Å². The number of aromatic nitrogens is 1. The van der Waals surface area contributed by atoms with Gasteiger partial charge in [0.2, 0.25) is 0 Å². The molecule has 1 unspecified atom stereocenters. The predicted octanol–water partition coefficient (Wildman–Crippen LogP) is 3.50. The molecular formula is C20H27N3O2S. The van der Waals surface area contributed by atoms with Crippen molar-refractivity contribution in [2.45, 2.75) is 32.8 Å². The number of likely N-dealkylation sites (tertiary alicyclic amines) is 1. The molecule has 1 aromatic carbocycles. The lowest BCUT2D eigenvalue weighted by molar-refractivity contribution is 0.0897. The van der Waals surface area contributed by atoms with E-state index < -0.39 is 0 Å². The molecule has 1 fully saturated rings. The maximum Gasteiger partial charge on any atom is 0.317 e. The molecule has 26 heavy (non-hydrogen) atoms. The van der Waals surface area contributed by atoms with E-state index in [1.54, 1.807) is 11.3 Å². The molecule has 0 aliphatic carbocycles. The zero-order valence-electron chi connectivity index (χ0n) is 15.3. The van der Waals surface area contributed by atoms with Gasteiger partial charge in [0.05, 0.1) is 18.2 Å². The van der Waals surface area contributed by atoms with Crippen LogP contribution in [0.5, 0.6) is 0 Å². The monoisotopic (exact) mass is 373 g/mol. The Kier molecular flexibility index (Phi) is 7.03. The van der Waals surface area contributed by atoms with E-state index in [4.69, 9.17) is 4.74 Å². The van der Waals surface area contributed by atoms with E-state index in [0.717, 1.165) is 37.4 Å². The van der Waals surface area contributed by atoms with Gasteiger partial charge in [0.15, 0.2) is 0 Å². The van der Waals surface area contributed by atoms with Crippen molar-refractivity contribution in [1.82, 2.24) is 15.2 Å². The first-order valence-corrected chi connectivity index (χ1v) is 10.1. The fraction of sp³-hybridized carbons (Fsp3) is 0.500. The summed E-state index contributed by atoms with van der Waals surface area (Å²) in [6.07, 6.45) is 4.76. The van der Waals surface area contributed by atoms with Crippen molar-refractivity contribution < 1.29 is 9.53 Å². The molecule has 0 saturated carbocycles. The number of carbonyl (C=O) groups excluding carboxylic acids is 1. The Labute approximate surface area is 159 Å². The highest BCUT2D eigenvalue weighted by atomic mass is 32.1. The SMILES string of the molecule is CCc1cnc(CCNC(=O)N2CCC(COCc3ccccc3)C2)s1. The van der Waals surface area contributed by atoms with Crippen LogP contribution < -0.4 is 5.32 Å². The Morgan fingerprint density at radius 3 is 3.00 bits per heavy atom. The van der Waals surface area contributed by atoms with Crippen LogP contribution in [0, 0.1) is 5.92 Å². The summed E-state index contributed by atoms with van der Waals surface area (Å²) in [5.74, 6) is 0.426. The molecule has 0 spiro atoms. The number of thiazole rings is 1. The highest BCUT2D eigenvalue weighted by Crippen LogP contribution is 2.17. The zero-order chi connectivity index (χ0) is 18.2. The van der Waals surface area contributed by atoms with Gasteiger partial charge < -0.3 is 15.0 Å². The number of urea groups is 1. The van der Waals surface area contributed by atoms with Crippen molar-refractivity contribution in [2.24, 2.45) is 5.92 Å². The minimum Gasteiger partial charge on any atom is -0.376 e. The van der Waals surface area contributed by atoms with Gasteiger partial charge in [0.25, 0.3) is 0 Å². The van der Waals surface area contributed by atoms with Crippen LogP contribution in [0.2, 0.25) is 0 Å². The van der Waals surface area contributed by atoms with Crippen molar-refractivity contribution in [1.29, 1.82) is 0 Å². The zero-order valence-corrected chi connectivity index (χ0v) is 16.1. The molecule has 1 aliphatic rings. The van der Waals surface area contributed by atoms with Gasteiger partial charge in [-0.25, -0.2) is 9.78 Å². The summed E-state index contributed by atoms with van der Waals surface area (Å²) < 4.78 is 5.82. The number of aryl methyl sites for hydroxylation is 1. The molecule has 1 atom stereocenters. The number of nitrogens with zero attached hydrogens (tertiary/aromatic N) is 2. The van der Waals surface area contributed by atoms with Crippen LogP contribution in [0.1, 0.15) is 28.8 Å². The lowest BCUT2D eigenvalue weighted by Crippen LogP contribution is -2.39. The van der Waals surface area contributed by atoms with E-state index in [0.29, 0.717) is 25.7 Å². The van der Waals surface area contributed by atoms with Gasteiger partial charge in [-0.3, -0.25) is 0 Å². The fourth-order valence-electron chi connectivity index (χ4n) is 3.09. The van der Waals surface area contributed by atoms with E-state index in [9.17, 15) is 4.79 Å². The second-order valence-corrected chi connectivity index (χ2v) is 7.86. The minimum atomic E-state index is 0.0304. The molecular weight excluding hydrogens is 346 g/mol. The molecule has 2 heterocycles. The third-order valence-electron chi connectivity index (χ3n) is 4.60. The fourth-order valence-corrected chi connectivity index (χ4v) is 3.95. The largest absolute Gasteiger partial charge is 0.376 e. The molecule has 1 aromatic heterocycles. The van der Waals surface area contributed by atoms with Crippen LogP contribution in [-0.4, -0.2) is 42.2 Å². The van der Waals surface area contributed by atoms with Gasteiger partial charge in [-0.05, 0) is 18.4 Å². The Hall–Kier alpha value is -1.92. The third kappa shape index (κ3) is 5.54. The Bertz CT molecular complexity index is 689. The van der Waals surface area contributed by atoms with Crippen LogP contribution in [0.4, 0.5) is 4.79 Å². The second-order valence-electron chi connectivity index (χ2n) is 6.66. The van der Waals surface area contributed by atoms with Crippen LogP contribution in [0.3, 0.4) is 0 Å². The number of benzene rings is 1. The summed E-state index contributed by atoms with van der Waals surface area (Å²) in [7, 11) is 0. The maximum atomic E-state index is 12.3. The quantitative estimate of drug-likeness (QED) is 0.771. The highest BCUT2D eigenvalue weighted by molar-refractivity contribution is 7.11. The average molecular weight is 374 g/mol. The predicted molar refractivity (Wildman–Crippen MR) is 104 cm³/mol. The van der Waals surface area contributed by atoms with E-state index in [1.165, 1.54) is 10.4 Å². The number of carbonyl (C=O) groups is 1.